The summed E-state index contributed by atoms with van der Waals surface area (Å²) < 4.78 is 1.80. The molecule has 0 bridgehead atoms. The van der Waals surface area contributed by atoms with Crippen LogP contribution in [0, 0.1) is 6.92 Å². The molecule has 21 heavy (non-hydrogen) atoms. The molecule has 0 unspecified atom stereocenters. The number of hydrogen-bond donors (Lipinski definition) is 1. The molecule has 0 spiro atoms. The van der Waals surface area contributed by atoms with Crippen LogP contribution >= 0.6 is 23.1 Å². The van der Waals surface area contributed by atoms with Crippen LogP contribution in [0.3, 0.4) is 0 Å². The number of aryl methyl sites for hydroxylation is 2. The highest BCUT2D eigenvalue weighted by Gasteiger charge is 2.12. The number of nitrogens with one attached hydrogen (secondary N) is 1. The Morgan fingerprint density at radius 1 is 1.38 bits per heavy atom. The Morgan fingerprint density at radius 3 is 2.95 bits per heavy atom. The maximum absolute atomic E-state index is 4.67. The van der Waals surface area contributed by atoms with Crippen LogP contribution in [0.4, 0.5) is 5.95 Å². The predicted molar refractivity (Wildman–Crippen MR) is 88.3 cm³/mol. The van der Waals surface area contributed by atoms with Gasteiger partial charge in [0, 0.05) is 30.1 Å². The van der Waals surface area contributed by atoms with Crippen LogP contribution in [0.2, 0.25) is 0 Å². The van der Waals surface area contributed by atoms with Gasteiger partial charge >= 0.3 is 0 Å². The molecule has 0 aliphatic rings. The third-order valence-electron chi connectivity index (χ3n) is 2.91. The third-order valence-corrected chi connectivity index (χ3v) is 4.81. The number of hydrogen-bond acceptors (Lipinski definition) is 6. The molecule has 110 valence electrons. The summed E-state index contributed by atoms with van der Waals surface area (Å²) in [5.41, 5.74) is 0. The van der Waals surface area contributed by atoms with E-state index in [0.717, 1.165) is 33.1 Å². The molecule has 0 amide bonds. The van der Waals surface area contributed by atoms with Gasteiger partial charge in [0.05, 0.1) is 11.1 Å². The normalized spacial score (nSPS) is 11.2. The van der Waals surface area contributed by atoms with Crippen LogP contribution in [0.1, 0.15) is 18.2 Å². The Balaban J connectivity index is 2.01. The van der Waals surface area contributed by atoms with Gasteiger partial charge in [0.1, 0.15) is 9.86 Å². The second-order valence-corrected chi connectivity index (χ2v) is 7.10. The summed E-state index contributed by atoms with van der Waals surface area (Å²) in [6.07, 6.45) is 4.91. The summed E-state index contributed by atoms with van der Waals surface area (Å²) in [5.74, 6) is 0.706. The lowest BCUT2D eigenvalue weighted by Gasteiger charge is -2.06. The third kappa shape index (κ3) is 3.19. The van der Waals surface area contributed by atoms with Crippen molar-refractivity contribution in [3.8, 4) is 0 Å². The minimum absolute atomic E-state index is 0.706. The first-order valence-corrected chi connectivity index (χ1v) is 8.47. The summed E-state index contributed by atoms with van der Waals surface area (Å²) in [4.78, 5) is 12.6. The van der Waals surface area contributed by atoms with Crippen molar-refractivity contribution in [2.24, 2.45) is 7.05 Å². The first kappa shape index (κ1) is 14.3. The zero-order valence-corrected chi connectivity index (χ0v) is 13.9. The number of anilines is 1. The summed E-state index contributed by atoms with van der Waals surface area (Å²) in [5, 5.41) is 9.59. The molecule has 5 nitrogen and oxygen atoms in total. The first-order valence-electron chi connectivity index (χ1n) is 6.84. The van der Waals surface area contributed by atoms with Gasteiger partial charge in [-0.1, -0.05) is 18.7 Å². The van der Waals surface area contributed by atoms with Gasteiger partial charge in [-0.15, -0.1) is 11.3 Å². The van der Waals surface area contributed by atoms with Gasteiger partial charge in [0.25, 0.3) is 0 Å². The molecular weight excluding hydrogens is 302 g/mol. The molecule has 1 N–H and O–H groups in total. The highest BCUT2D eigenvalue weighted by atomic mass is 32.2. The van der Waals surface area contributed by atoms with Crippen molar-refractivity contribution in [1.29, 1.82) is 0 Å². The van der Waals surface area contributed by atoms with Crippen molar-refractivity contribution in [2.45, 2.75) is 30.2 Å². The molecule has 3 heterocycles. The number of aromatic nitrogens is 4. The van der Waals surface area contributed by atoms with E-state index in [1.165, 1.54) is 4.88 Å². The molecule has 7 heteroatoms. The Hall–Kier alpha value is -1.60. The zero-order chi connectivity index (χ0) is 14.8. The van der Waals surface area contributed by atoms with Crippen LogP contribution < -0.4 is 5.32 Å². The lowest BCUT2D eigenvalue weighted by molar-refractivity contribution is 0.766. The van der Waals surface area contributed by atoms with Crippen LogP contribution in [0.5, 0.6) is 0 Å². The number of rotatable bonds is 5. The van der Waals surface area contributed by atoms with Gasteiger partial charge in [-0.25, -0.2) is 9.97 Å². The predicted octanol–water partition coefficient (Wildman–Crippen LogP) is 3.71. The van der Waals surface area contributed by atoms with E-state index in [1.54, 1.807) is 27.8 Å². The molecule has 3 aromatic rings. The Kier molecular flexibility index (Phi) is 4.12. The highest BCUT2D eigenvalue weighted by molar-refractivity contribution is 7.99. The molecule has 0 radical (unpaired) electrons. The molecule has 0 fully saturated rings. The molecule has 0 atom stereocenters. The van der Waals surface area contributed by atoms with E-state index in [2.05, 4.69) is 40.3 Å². The fourth-order valence-corrected chi connectivity index (χ4v) is 3.84. The van der Waals surface area contributed by atoms with E-state index < -0.39 is 0 Å². The molecule has 0 saturated heterocycles. The van der Waals surface area contributed by atoms with Crippen LogP contribution in [-0.4, -0.2) is 26.3 Å². The Bertz CT molecular complexity index is 762. The molecule has 0 aromatic carbocycles. The van der Waals surface area contributed by atoms with E-state index in [1.807, 2.05) is 19.4 Å². The van der Waals surface area contributed by atoms with Crippen LogP contribution in [-0.2, 0) is 7.05 Å². The lowest BCUT2D eigenvalue weighted by atomic mass is 10.4. The van der Waals surface area contributed by atoms with Crippen LogP contribution in [0.15, 0.2) is 28.4 Å². The lowest BCUT2D eigenvalue weighted by Crippen LogP contribution is -2.04. The quantitative estimate of drug-likeness (QED) is 0.727. The van der Waals surface area contributed by atoms with Crippen molar-refractivity contribution in [3.05, 3.63) is 23.3 Å². The van der Waals surface area contributed by atoms with Gasteiger partial charge in [0.15, 0.2) is 0 Å². The van der Waals surface area contributed by atoms with Gasteiger partial charge < -0.3 is 5.32 Å². The maximum Gasteiger partial charge on any atom is 0.225 e. The van der Waals surface area contributed by atoms with Crippen molar-refractivity contribution >= 4 is 39.3 Å². The molecule has 0 aliphatic carbocycles. The van der Waals surface area contributed by atoms with Gasteiger partial charge in [-0.3, -0.25) is 4.68 Å². The van der Waals surface area contributed by atoms with E-state index in [0.29, 0.717) is 5.95 Å². The SMILES string of the molecule is CCCNc1nc(Sc2cnn(C)c2)c2cc(C)sc2n1. The molecular formula is C14H17N5S2. The number of nitrogens with zero attached hydrogens (tertiary/aromatic N) is 4. The second-order valence-electron chi connectivity index (χ2n) is 4.81. The second kappa shape index (κ2) is 6.03. The first-order chi connectivity index (χ1) is 10.2. The summed E-state index contributed by atoms with van der Waals surface area (Å²) in [6.45, 7) is 5.11. The maximum atomic E-state index is 4.67. The molecule has 0 aliphatic heterocycles. The highest BCUT2D eigenvalue weighted by Crippen LogP contribution is 2.35. The minimum Gasteiger partial charge on any atom is -0.354 e. The van der Waals surface area contributed by atoms with E-state index >= 15 is 0 Å². The van der Waals surface area contributed by atoms with Gasteiger partial charge in [-0.05, 0) is 19.4 Å². The fourth-order valence-electron chi connectivity index (χ4n) is 1.97. The summed E-state index contributed by atoms with van der Waals surface area (Å²) >= 11 is 3.34. The zero-order valence-electron chi connectivity index (χ0n) is 12.3. The minimum atomic E-state index is 0.706. The largest absolute Gasteiger partial charge is 0.354 e. The molecule has 0 saturated carbocycles. The fraction of sp³-hybridized carbons (Fsp3) is 0.357. The average Bonchev–Trinajstić information content (AvgIpc) is 3.01. The standard InChI is InChI=1S/C14H17N5S2/c1-4-5-15-14-17-12-11(6-9(2)20-12)13(18-14)21-10-7-16-19(3)8-10/h6-8H,4-5H2,1-3H3,(H,15,17,18). The number of fused-ring (bicyclic) bond motifs is 1. The van der Waals surface area contributed by atoms with E-state index in [4.69, 9.17) is 0 Å². The molecule has 3 aromatic heterocycles. The van der Waals surface area contributed by atoms with Crippen molar-refractivity contribution in [3.63, 3.8) is 0 Å². The monoisotopic (exact) mass is 319 g/mol. The smallest absolute Gasteiger partial charge is 0.225 e. The van der Waals surface area contributed by atoms with Gasteiger partial charge in [0.2, 0.25) is 5.95 Å². The Morgan fingerprint density at radius 2 is 2.24 bits per heavy atom. The van der Waals surface area contributed by atoms with Crippen molar-refractivity contribution in [2.75, 3.05) is 11.9 Å². The average molecular weight is 319 g/mol. The van der Waals surface area contributed by atoms with Crippen molar-refractivity contribution < 1.29 is 0 Å². The number of thiophene rings is 1. The van der Waals surface area contributed by atoms with E-state index in [-0.39, 0.29) is 0 Å². The summed E-state index contributed by atoms with van der Waals surface area (Å²) in [7, 11) is 1.92. The Labute approximate surface area is 131 Å². The van der Waals surface area contributed by atoms with Crippen molar-refractivity contribution in [1.82, 2.24) is 19.7 Å². The summed E-state index contributed by atoms with van der Waals surface area (Å²) in [6, 6.07) is 2.16. The van der Waals surface area contributed by atoms with Crippen LogP contribution in [0.25, 0.3) is 10.2 Å². The molecule has 3 rings (SSSR count). The van der Waals surface area contributed by atoms with E-state index in [9.17, 15) is 0 Å². The topological polar surface area (TPSA) is 55.6 Å². The van der Waals surface area contributed by atoms with Gasteiger partial charge in [-0.2, -0.15) is 5.10 Å².